The summed E-state index contributed by atoms with van der Waals surface area (Å²) in [6, 6.07) is 7.73. The zero-order valence-electron chi connectivity index (χ0n) is 11.2. The van der Waals surface area contributed by atoms with Crippen molar-refractivity contribution in [2.24, 2.45) is 0 Å². The normalized spacial score (nSPS) is 9.44. The molecule has 3 nitrogen and oxygen atoms in total. The van der Waals surface area contributed by atoms with Crippen molar-refractivity contribution in [2.75, 3.05) is 26.3 Å². The second-order valence-electron chi connectivity index (χ2n) is 3.65. The molecule has 0 aliphatic rings. The van der Waals surface area contributed by atoms with Crippen LogP contribution in [-0.4, -0.2) is 26.3 Å². The number of nitrogens with one attached hydrogen (secondary N) is 1. The highest BCUT2D eigenvalue weighted by Crippen LogP contribution is 2.25. The van der Waals surface area contributed by atoms with E-state index in [0.717, 1.165) is 31.0 Å². The van der Waals surface area contributed by atoms with Crippen LogP contribution in [0, 0.1) is 11.8 Å². The van der Waals surface area contributed by atoms with Crippen LogP contribution in [0.25, 0.3) is 0 Å². The number of hydrogen-bond donors (Lipinski definition) is 1. The van der Waals surface area contributed by atoms with Gasteiger partial charge in [0.25, 0.3) is 0 Å². The smallest absolute Gasteiger partial charge is 0.161 e. The molecule has 0 saturated carbocycles. The summed E-state index contributed by atoms with van der Waals surface area (Å²) >= 11 is 0. The van der Waals surface area contributed by atoms with Gasteiger partial charge in [-0.05, 0) is 26.0 Å². The summed E-state index contributed by atoms with van der Waals surface area (Å²) in [6.07, 6.45) is 0.881. The Bertz CT molecular complexity index is 393. The van der Waals surface area contributed by atoms with Gasteiger partial charge in [-0.2, -0.15) is 0 Å². The third kappa shape index (κ3) is 5.60. The predicted molar refractivity (Wildman–Crippen MR) is 74.0 cm³/mol. The van der Waals surface area contributed by atoms with E-state index in [4.69, 9.17) is 9.47 Å². The molecule has 18 heavy (non-hydrogen) atoms. The van der Waals surface area contributed by atoms with Crippen molar-refractivity contribution in [2.45, 2.75) is 20.3 Å². The molecule has 0 unspecified atom stereocenters. The molecule has 3 heteroatoms. The Morgan fingerprint density at radius 3 is 2.50 bits per heavy atom. The van der Waals surface area contributed by atoms with Crippen molar-refractivity contribution in [3.63, 3.8) is 0 Å². The Morgan fingerprint density at radius 2 is 1.83 bits per heavy atom. The molecule has 1 N–H and O–H groups in total. The van der Waals surface area contributed by atoms with Crippen molar-refractivity contribution >= 4 is 0 Å². The Kier molecular flexibility index (Phi) is 7.50. The maximum atomic E-state index is 5.67. The molecule has 0 amide bonds. The van der Waals surface area contributed by atoms with Gasteiger partial charge in [-0.15, -0.1) is 11.8 Å². The van der Waals surface area contributed by atoms with E-state index in [1.807, 2.05) is 38.1 Å². The highest BCUT2D eigenvalue weighted by atomic mass is 16.5. The lowest BCUT2D eigenvalue weighted by Gasteiger charge is -2.11. The Balaban J connectivity index is 2.23. The van der Waals surface area contributed by atoms with Crippen LogP contribution in [0.4, 0.5) is 0 Å². The molecule has 98 valence electrons. The van der Waals surface area contributed by atoms with Crippen LogP contribution in [-0.2, 0) is 0 Å². The van der Waals surface area contributed by atoms with E-state index in [1.54, 1.807) is 0 Å². The Morgan fingerprint density at radius 1 is 1.11 bits per heavy atom. The molecule has 1 rings (SSSR count). The van der Waals surface area contributed by atoms with Gasteiger partial charge in [0.1, 0.15) is 6.61 Å². The van der Waals surface area contributed by atoms with E-state index >= 15 is 0 Å². The fourth-order valence-corrected chi connectivity index (χ4v) is 1.48. The van der Waals surface area contributed by atoms with Gasteiger partial charge in [-0.3, -0.25) is 0 Å². The molecular weight excluding hydrogens is 226 g/mol. The monoisotopic (exact) mass is 247 g/mol. The SMILES string of the molecule is CC#CCCNCCOc1ccccc1OCC. The zero-order valence-corrected chi connectivity index (χ0v) is 11.2. The third-order valence-corrected chi connectivity index (χ3v) is 2.29. The van der Waals surface area contributed by atoms with Crippen LogP contribution in [0.3, 0.4) is 0 Å². The lowest BCUT2D eigenvalue weighted by molar-refractivity contribution is 0.276. The summed E-state index contributed by atoms with van der Waals surface area (Å²) in [4.78, 5) is 0. The van der Waals surface area contributed by atoms with Crippen LogP contribution in [0.2, 0.25) is 0 Å². The lowest BCUT2D eigenvalue weighted by Crippen LogP contribution is -2.21. The summed E-state index contributed by atoms with van der Waals surface area (Å²) in [6.45, 7) is 6.81. The molecule has 0 saturated heterocycles. The molecule has 0 heterocycles. The van der Waals surface area contributed by atoms with Crippen molar-refractivity contribution in [3.8, 4) is 23.3 Å². The third-order valence-electron chi connectivity index (χ3n) is 2.29. The van der Waals surface area contributed by atoms with Gasteiger partial charge in [-0.25, -0.2) is 0 Å². The molecule has 0 atom stereocenters. The van der Waals surface area contributed by atoms with Gasteiger partial charge in [0.2, 0.25) is 0 Å². The van der Waals surface area contributed by atoms with Crippen LogP contribution in [0.1, 0.15) is 20.3 Å². The van der Waals surface area contributed by atoms with Gasteiger partial charge in [-0.1, -0.05) is 12.1 Å². The van der Waals surface area contributed by atoms with Crippen LogP contribution >= 0.6 is 0 Å². The lowest BCUT2D eigenvalue weighted by atomic mass is 10.3. The highest BCUT2D eigenvalue weighted by Gasteiger charge is 2.02. The fraction of sp³-hybridized carbons (Fsp3) is 0.467. The molecule has 0 aromatic heterocycles. The number of ether oxygens (including phenoxy) is 2. The van der Waals surface area contributed by atoms with Gasteiger partial charge in [0, 0.05) is 19.5 Å². The number of rotatable bonds is 8. The van der Waals surface area contributed by atoms with Gasteiger partial charge in [0.15, 0.2) is 11.5 Å². The van der Waals surface area contributed by atoms with Crippen LogP contribution < -0.4 is 14.8 Å². The standard InChI is InChI=1S/C15H21NO2/c1-3-5-8-11-16-12-13-18-15-10-7-6-9-14(15)17-4-2/h6-7,9-10,16H,4,8,11-13H2,1-2H3. The first-order valence-electron chi connectivity index (χ1n) is 6.33. The zero-order chi connectivity index (χ0) is 13.1. The van der Waals surface area contributed by atoms with Gasteiger partial charge >= 0.3 is 0 Å². The molecule has 0 aliphatic carbocycles. The molecule has 0 radical (unpaired) electrons. The van der Waals surface area contributed by atoms with Crippen molar-refractivity contribution in [1.29, 1.82) is 0 Å². The Hall–Kier alpha value is -1.66. The van der Waals surface area contributed by atoms with Gasteiger partial charge < -0.3 is 14.8 Å². The second-order valence-corrected chi connectivity index (χ2v) is 3.65. The maximum Gasteiger partial charge on any atom is 0.161 e. The average Bonchev–Trinajstić information content (AvgIpc) is 2.40. The summed E-state index contributed by atoms with van der Waals surface area (Å²) < 4.78 is 11.2. The summed E-state index contributed by atoms with van der Waals surface area (Å²) in [7, 11) is 0. The predicted octanol–water partition coefficient (Wildman–Crippen LogP) is 2.47. The van der Waals surface area contributed by atoms with E-state index in [0.29, 0.717) is 13.2 Å². The molecule has 0 fully saturated rings. The minimum absolute atomic E-state index is 0.629. The fourth-order valence-electron chi connectivity index (χ4n) is 1.48. The topological polar surface area (TPSA) is 30.5 Å². The molecule has 0 bridgehead atoms. The van der Waals surface area contributed by atoms with Crippen LogP contribution in [0.15, 0.2) is 24.3 Å². The second kappa shape index (κ2) is 9.38. The summed E-state index contributed by atoms with van der Waals surface area (Å²) in [5.41, 5.74) is 0. The van der Waals surface area contributed by atoms with Gasteiger partial charge in [0.05, 0.1) is 6.61 Å². The number of benzene rings is 1. The maximum absolute atomic E-state index is 5.67. The first kappa shape index (κ1) is 14.4. The first-order valence-corrected chi connectivity index (χ1v) is 6.33. The van der Waals surface area contributed by atoms with E-state index in [2.05, 4.69) is 17.2 Å². The average molecular weight is 247 g/mol. The molecule has 0 aliphatic heterocycles. The number of hydrogen-bond acceptors (Lipinski definition) is 3. The van der Waals surface area contributed by atoms with E-state index in [9.17, 15) is 0 Å². The number of para-hydroxylation sites is 2. The van der Waals surface area contributed by atoms with Crippen molar-refractivity contribution in [3.05, 3.63) is 24.3 Å². The molecule has 1 aromatic rings. The van der Waals surface area contributed by atoms with Crippen molar-refractivity contribution < 1.29 is 9.47 Å². The quantitative estimate of drug-likeness (QED) is 0.565. The minimum Gasteiger partial charge on any atom is -0.490 e. The van der Waals surface area contributed by atoms with Crippen molar-refractivity contribution in [1.82, 2.24) is 5.32 Å². The van der Waals surface area contributed by atoms with E-state index in [1.165, 1.54) is 0 Å². The van der Waals surface area contributed by atoms with Crippen LogP contribution in [0.5, 0.6) is 11.5 Å². The molecular formula is C15H21NO2. The molecule has 1 aromatic carbocycles. The van der Waals surface area contributed by atoms with E-state index in [-0.39, 0.29) is 0 Å². The summed E-state index contributed by atoms with van der Waals surface area (Å²) in [5.74, 6) is 7.48. The molecule has 0 spiro atoms. The first-order chi connectivity index (χ1) is 8.88. The van der Waals surface area contributed by atoms with E-state index < -0.39 is 0 Å². The highest BCUT2D eigenvalue weighted by molar-refractivity contribution is 5.39. The minimum atomic E-state index is 0.629. The largest absolute Gasteiger partial charge is 0.490 e. The summed E-state index contributed by atoms with van der Waals surface area (Å²) in [5, 5.41) is 3.27. The Labute approximate surface area is 109 Å².